The predicted molar refractivity (Wildman–Crippen MR) is 49.4 cm³/mol. The predicted octanol–water partition coefficient (Wildman–Crippen LogP) is 0.466. The van der Waals surface area contributed by atoms with Crippen LogP contribution in [0.3, 0.4) is 0 Å². The van der Waals surface area contributed by atoms with Gasteiger partial charge in [0.25, 0.3) is 0 Å². The molecule has 0 aliphatic carbocycles. The molecular formula is C10H15NO3. The van der Waals surface area contributed by atoms with E-state index in [-0.39, 0.29) is 23.1 Å². The summed E-state index contributed by atoms with van der Waals surface area (Å²) in [5.41, 5.74) is -0.225. The Balaban J connectivity index is 2.21. The summed E-state index contributed by atoms with van der Waals surface area (Å²) in [6.07, 6.45) is 2.30. The van der Waals surface area contributed by atoms with E-state index < -0.39 is 0 Å². The van der Waals surface area contributed by atoms with Gasteiger partial charge in [-0.2, -0.15) is 0 Å². The Bertz CT molecular complexity index is 269. The summed E-state index contributed by atoms with van der Waals surface area (Å²) < 4.78 is 5.40. The average molecular weight is 197 g/mol. The SMILES string of the molecule is CC1C(=O)NC(=O)CC12CCCOC2. The Morgan fingerprint density at radius 1 is 1.50 bits per heavy atom. The van der Waals surface area contributed by atoms with Gasteiger partial charge in [-0.05, 0) is 12.8 Å². The zero-order chi connectivity index (χ0) is 10.2. The molecule has 14 heavy (non-hydrogen) atoms. The Hall–Kier alpha value is -0.900. The molecule has 2 atom stereocenters. The highest BCUT2D eigenvalue weighted by Gasteiger charge is 2.46. The van der Waals surface area contributed by atoms with E-state index in [1.165, 1.54) is 0 Å². The van der Waals surface area contributed by atoms with Crippen LogP contribution in [0.1, 0.15) is 26.2 Å². The van der Waals surface area contributed by atoms with Crippen LogP contribution in [0.5, 0.6) is 0 Å². The van der Waals surface area contributed by atoms with Gasteiger partial charge in [0, 0.05) is 24.4 Å². The first-order valence-corrected chi connectivity index (χ1v) is 5.05. The second kappa shape index (κ2) is 3.35. The van der Waals surface area contributed by atoms with Crippen molar-refractivity contribution in [2.24, 2.45) is 11.3 Å². The number of carbonyl (C=O) groups is 2. The molecule has 2 heterocycles. The maximum Gasteiger partial charge on any atom is 0.230 e. The van der Waals surface area contributed by atoms with Crippen molar-refractivity contribution in [1.29, 1.82) is 0 Å². The molecule has 0 bridgehead atoms. The number of ether oxygens (including phenoxy) is 1. The lowest BCUT2D eigenvalue weighted by Gasteiger charge is -2.43. The van der Waals surface area contributed by atoms with Crippen molar-refractivity contribution in [3.8, 4) is 0 Å². The number of hydrogen-bond donors (Lipinski definition) is 1. The van der Waals surface area contributed by atoms with Gasteiger partial charge in [-0.1, -0.05) is 6.92 Å². The third-order valence-electron chi connectivity index (χ3n) is 3.44. The second-order valence-electron chi connectivity index (χ2n) is 4.33. The standard InChI is InChI=1S/C10H15NO3/c1-7-9(13)11-8(12)5-10(7)3-2-4-14-6-10/h7H,2-6H2,1H3,(H,11,12,13). The lowest BCUT2D eigenvalue weighted by Crippen LogP contribution is -2.54. The Kier molecular flexibility index (Phi) is 2.31. The van der Waals surface area contributed by atoms with Gasteiger partial charge in [0.15, 0.2) is 0 Å². The van der Waals surface area contributed by atoms with Gasteiger partial charge in [0.1, 0.15) is 0 Å². The van der Waals surface area contributed by atoms with E-state index in [1.807, 2.05) is 6.92 Å². The van der Waals surface area contributed by atoms with Crippen LogP contribution < -0.4 is 5.32 Å². The Labute approximate surface area is 83.0 Å². The zero-order valence-corrected chi connectivity index (χ0v) is 8.34. The molecule has 2 unspecified atom stereocenters. The summed E-state index contributed by atoms with van der Waals surface area (Å²) in [4.78, 5) is 22.8. The molecule has 1 N–H and O–H groups in total. The van der Waals surface area contributed by atoms with Crippen LogP contribution in [0.2, 0.25) is 0 Å². The quantitative estimate of drug-likeness (QED) is 0.574. The van der Waals surface area contributed by atoms with Gasteiger partial charge in [0.2, 0.25) is 11.8 Å². The molecule has 2 amide bonds. The summed E-state index contributed by atoms with van der Waals surface area (Å²) in [5, 5.41) is 2.37. The fraction of sp³-hybridized carbons (Fsp3) is 0.800. The molecule has 2 aliphatic heterocycles. The van der Waals surface area contributed by atoms with E-state index >= 15 is 0 Å². The van der Waals surface area contributed by atoms with Crippen LogP contribution in [0.15, 0.2) is 0 Å². The van der Waals surface area contributed by atoms with Crippen molar-refractivity contribution >= 4 is 11.8 Å². The Morgan fingerprint density at radius 2 is 2.29 bits per heavy atom. The van der Waals surface area contributed by atoms with Crippen molar-refractivity contribution in [1.82, 2.24) is 5.32 Å². The number of amides is 2. The highest BCUT2D eigenvalue weighted by Crippen LogP contribution is 2.41. The molecule has 78 valence electrons. The van der Waals surface area contributed by atoms with E-state index in [4.69, 9.17) is 4.74 Å². The number of carbonyl (C=O) groups excluding carboxylic acids is 2. The van der Waals surface area contributed by atoms with Crippen molar-refractivity contribution in [2.45, 2.75) is 26.2 Å². The highest BCUT2D eigenvalue weighted by atomic mass is 16.5. The number of rotatable bonds is 0. The summed E-state index contributed by atoms with van der Waals surface area (Å²) in [5.74, 6) is -0.411. The molecule has 0 saturated carbocycles. The summed E-state index contributed by atoms with van der Waals surface area (Å²) in [7, 11) is 0. The third kappa shape index (κ3) is 1.43. The lowest BCUT2D eigenvalue weighted by atomic mass is 9.68. The van der Waals surface area contributed by atoms with Gasteiger partial charge < -0.3 is 4.74 Å². The second-order valence-corrected chi connectivity index (χ2v) is 4.33. The molecular weight excluding hydrogens is 182 g/mol. The fourth-order valence-electron chi connectivity index (χ4n) is 2.40. The monoisotopic (exact) mass is 197 g/mol. The molecule has 2 fully saturated rings. The topological polar surface area (TPSA) is 55.4 Å². The average Bonchev–Trinajstić information content (AvgIpc) is 2.15. The molecule has 0 aromatic rings. The van der Waals surface area contributed by atoms with E-state index in [9.17, 15) is 9.59 Å². The summed E-state index contributed by atoms with van der Waals surface area (Å²) >= 11 is 0. The highest BCUT2D eigenvalue weighted by molar-refractivity contribution is 5.99. The van der Waals surface area contributed by atoms with E-state index in [0.29, 0.717) is 13.0 Å². The smallest absolute Gasteiger partial charge is 0.230 e. The summed E-state index contributed by atoms with van der Waals surface area (Å²) in [6.45, 7) is 3.19. The van der Waals surface area contributed by atoms with Crippen LogP contribution in [0.25, 0.3) is 0 Å². The van der Waals surface area contributed by atoms with E-state index in [1.54, 1.807) is 0 Å². The van der Waals surface area contributed by atoms with Crippen molar-refractivity contribution < 1.29 is 14.3 Å². The largest absolute Gasteiger partial charge is 0.381 e. The van der Waals surface area contributed by atoms with E-state index in [0.717, 1.165) is 19.4 Å². The molecule has 4 heteroatoms. The first kappa shape index (κ1) is 9.65. The summed E-state index contributed by atoms with van der Waals surface area (Å²) in [6, 6.07) is 0. The van der Waals surface area contributed by atoms with Gasteiger partial charge in [-0.25, -0.2) is 0 Å². The molecule has 0 aromatic heterocycles. The maximum atomic E-state index is 11.5. The minimum atomic E-state index is -0.225. The molecule has 4 nitrogen and oxygen atoms in total. The first-order valence-electron chi connectivity index (χ1n) is 5.05. The van der Waals surface area contributed by atoms with Crippen LogP contribution in [0.4, 0.5) is 0 Å². The number of hydrogen-bond acceptors (Lipinski definition) is 3. The molecule has 2 aliphatic rings. The van der Waals surface area contributed by atoms with Gasteiger partial charge in [-0.3, -0.25) is 14.9 Å². The van der Waals surface area contributed by atoms with Gasteiger partial charge in [0.05, 0.1) is 6.61 Å². The van der Waals surface area contributed by atoms with Gasteiger partial charge >= 0.3 is 0 Å². The van der Waals surface area contributed by atoms with Crippen molar-refractivity contribution in [3.05, 3.63) is 0 Å². The first-order chi connectivity index (χ1) is 6.64. The van der Waals surface area contributed by atoms with Crippen molar-refractivity contribution in [3.63, 3.8) is 0 Å². The zero-order valence-electron chi connectivity index (χ0n) is 8.34. The Morgan fingerprint density at radius 3 is 2.93 bits per heavy atom. The minimum Gasteiger partial charge on any atom is -0.381 e. The minimum absolute atomic E-state index is 0.111. The maximum absolute atomic E-state index is 11.5. The normalized spacial score (nSPS) is 38.5. The molecule has 0 aromatic carbocycles. The van der Waals surface area contributed by atoms with Crippen LogP contribution in [-0.4, -0.2) is 25.0 Å². The van der Waals surface area contributed by atoms with Crippen LogP contribution in [0, 0.1) is 11.3 Å². The van der Waals surface area contributed by atoms with Crippen LogP contribution in [-0.2, 0) is 14.3 Å². The van der Waals surface area contributed by atoms with Crippen molar-refractivity contribution in [2.75, 3.05) is 13.2 Å². The van der Waals surface area contributed by atoms with Gasteiger partial charge in [-0.15, -0.1) is 0 Å². The number of imide groups is 1. The molecule has 0 radical (unpaired) electrons. The molecule has 2 saturated heterocycles. The third-order valence-corrected chi connectivity index (χ3v) is 3.44. The van der Waals surface area contributed by atoms with E-state index in [2.05, 4.69) is 5.32 Å². The lowest BCUT2D eigenvalue weighted by molar-refractivity contribution is -0.150. The molecule has 1 spiro atoms. The number of nitrogens with one attached hydrogen (secondary N) is 1. The number of piperidine rings is 1. The fourth-order valence-corrected chi connectivity index (χ4v) is 2.40. The van der Waals surface area contributed by atoms with Crippen LogP contribution >= 0.6 is 0 Å². The molecule has 2 rings (SSSR count).